The third-order valence-corrected chi connectivity index (χ3v) is 3.94. The highest BCUT2D eigenvalue weighted by Crippen LogP contribution is 2.17. The lowest BCUT2D eigenvalue weighted by molar-refractivity contribution is -0.123. The molecule has 1 heterocycles. The maximum atomic E-state index is 12.5. The van der Waals surface area contributed by atoms with E-state index in [9.17, 15) is 14.4 Å². The van der Waals surface area contributed by atoms with E-state index in [0.29, 0.717) is 6.61 Å². The number of amides is 1. The van der Waals surface area contributed by atoms with Crippen LogP contribution < -0.4 is 21.9 Å². The van der Waals surface area contributed by atoms with E-state index in [1.54, 1.807) is 6.92 Å². The van der Waals surface area contributed by atoms with Crippen LogP contribution in [0.15, 0.2) is 39.9 Å². The molecular weight excluding hydrogens is 352 g/mol. The van der Waals surface area contributed by atoms with E-state index in [1.807, 2.05) is 30.3 Å². The average molecular weight is 376 g/mol. The standard InChI is InChI=1S/C18H24N4O5/c1-3-21(14(23)12-27-10-9-26-2)15-16(19)22(18(25)20-17(15)24)11-13-7-5-4-6-8-13/h4-8H,3,9-12,19H2,1-2H3,(H,20,24,25). The van der Waals surface area contributed by atoms with Crippen LogP contribution in [-0.4, -0.2) is 48.9 Å². The van der Waals surface area contributed by atoms with Crippen LogP contribution in [0.2, 0.25) is 0 Å². The zero-order valence-electron chi connectivity index (χ0n) is 15.4. The molecule has 0 aliphatic rings. The largest absolute Gasteiger partial charge is 0.383 e. The highest BCUT2D eigenvalue weighted by molar-refractivity contribution is 5.96. The second-order valence-electron chi connectivity index (χ2n) is 5.75. The Kier molecular flexibility index (Phi) is 7.33. The average Bonchev–Trinajstić information content (AvgIpc) is 2.66. The molecule has 146 valence electrons. The summed E-state index contributed by atoms with van der Waals surface area (Å²) in [6.07, 6.45) is 0. The van der Waals surface area contributed by atoms with Crippen LogP contribution in [0.25, 0.3) is 0 Å². The van der Waals surface area contributed by atoms with Crippen LogP contribution in [-0.2, 0) is 20.8 Å². The van der Waals surface area contributed by atoms with Crippen molar-refractivity contribution in [2.75, 3.05) is 44.1 Å². The lowest BCUT2D eigenvalue weighted by Gasteiger charge is -2.23. The number of anilines is 2. The Balaban J connectivity index is 2.34. The maximum Gasteiger partial charge on any atom is 0.330 e. The Morgan fingerprint density at radius 1 is 1.22 bits per heavy atom. The molecule has 0 spiro atoms. The van der Waals surface area contributed by atoms with E-state index in [4.69, 9.17) is 15.2 Å². The van der Waals surface area contributed by atoms with Crippen molar-refractivity contribution in [3.8, 4) is 0 Å². The van der Waals surface area contributed by atoms with Crippen molar-refractivity contribution < 1.29 is 14.3 Å². The summed E-state index contributed by atoms with van der Waals surface area (Å²) in [5, 5.41) is 0. The summed E-state index contributed by atoms with van der Waals surface area (Å²) in [6, 6.07) is 9.20. The first-order valence-corrected chi connectivity index (χ1v) is 8.53. The van der Waals surface area contributed by atoms with Gasteiger partial charge in [0.05, 0.1) is 19.8 Å². The van der Waals surface area contributed by atoms with Gasteiger partial charge in [0.25, 0.3) is 11.5 Å². The minimum atomic E-state index is -0.714. The Labute approximate surface area is 156 Å². The summed E-state index contributed by atoms with van der Waals surface area (Å²) >= 11 is 0. The molecule has 9 nitrogen and oxygen atoms in total. The van der Waals surface area contributed by atoms with Crippen molar-refractivity contribution in [1.82, 2.24) is 9.55 Å². The number of aromatic amines is 1. The molecule has 0 aliphatic carbocycles. The van der Waals surface area contributed by atoms with Crippen LogP contribution in [0.1, 0.15) is 12.5 Å². The summed E-state index contributed by atoms with van der Waals surface area (Å²) in [6.45, 7) is 2.45. The summed E-state index contributed by atoms with van der Waals surface area (Å²) in [5.74, 6) is -0.504. The molecule has 0 radical (unpaired) electrons. The van der Waals surface area contributed by atoms with Crippen molar-refractivity contribution in [1.29, 1.82) is 0 Å². The first kappa shape index (κ1) is 20.4. The molecule has 1 aromatic heterocycles. The molecule has 3 N–H and O–H groups in total. The number of nitrogen functional groups attached to an aromatic ring is 1. The van der Waals surface area contributed by atoms with Gasteiger partial charge in [-0.05, 0) is 12.5 Å². The van der Waals surface area contributed by atoms with Gasteiger partial charge in [-0.25, -0.2) is 4.79 Å². The zero-order chi connectivity index (χ0) is 19.8. The molecule has 0 saturated carbocycles. The van der Waals surface area contributed by atoms with Crippen LogP contribution in [0, 0.1) is 0 Å². The first-order valence-electron chi connectivity index (χ1n) is 8.53. The molecule has 0 bridgehead atoms. The molecule has 9 heteroatoms. The molecule has 0 saturated heterocycles. The second kappa shape index (κ2) is 9.70. The number of carbonyl (C=O) groups is 1. The summed E-state index contributed by atoms with van der Waals surface area (Å²) in [4.78, 5) is 40.5. The smallest absolute Gasteiger partial charge is 0.330 e. The SMILES string of the molecule is CCN(C(=O)COCCOC)c1c(N)n(Cc2ccccc2)c(=O)[nH]c1=O. The molecule has 1 amide bonds. The fraction of sp³-hybridized carbons (Fsp3) is 0.389. The quantitative estimate of drug-likeness (QED) is 0.603. The van der Waals surface area contributed by atoms with E-state index >= 15 is 0 Å². The van der Waals surface area contributed by atoms with Gasteiger partial charge < -0.3 is 20.1 Å². The fourth-order valence-electron chi connectivity index (χ4n) is 2.60. The molecule has 0 unspecified atom stereocenters. The molecule has 0 fully saturated rings. The van der Waals surface area contributed by atoms with Crippen molar-refractivity contribution in [2.45, 2.75) is 13.5 Å². The normalized spacial score (nSPS) is 10.7. The number of rotatable bonds is 9. The van der Waals surface area contributed by atoms with Crippen molar-refractivity contribution >= 4 is 17.4 Å². The highest BCUT2D eigenvalue weighted by atomic mass is 16.5. The third kappa shape index (κ3) is 5.05. The third-order valence-electron chi connectivity index (χ3n) is 3.94. The predicted molar refractivity (Wildman–Crippen MR) is 102 cm³/mol. The maximum absolute atomic E-state index is 12.5. The van der Waals surface area contributed by atoms with Crippen LogP contribution in [0.5, 0.6) is 0 Å². The van der Waals surface area contributed by atoms with E-state index in [0.717, 1.165) is 5.56 Å². The molecular formula is C18H24N4O5. The Morgan fingerprint density at radius 3 is 2.56 bits per heavy atom. The molecule has 2 rings (SSSR count). The van der Waals surface area contributed by atoms with Gasteiger partial charge in [0.15, 0.2) is 5.69 Å². The lowest BCUT2D eigenvalue weighted by Crippen LogP contribution is -2.42. The molecule has 0 atom stereocenters. The lowest BCUT2D eigenvalue weighted by atomic mass is 10.2. The Morgan fingerprint density at radius 2 is 1.93 bits per heavy atom. The van der Waals surface area contributed by atoms with Gasteiger partial charge >= 0.3 is 5.69 Å². The number of hydrogen-bond donors (Lipinski definition) is 2. The number of nitrogens with zero attached hydrogens (tertiary/aromatic N) is 2. The number of ether oxygens (including phenoxy) is 2. The minimum Gasteiger partial charge on any atom is -0.383 e. The molecule has 1 aromatic carbocycles. The van der Waals surface area contributed by atoms with Crippen LogP contribution >= 0.6 is 0 Å². The topological polar surface area (TPSA) is 120 Å². The van der Waals surface area contributed by atoms with E-state index in [-0.39, 0.29) is 37.8 Å². The van der Waals surface area contributed by atoms with Gasteiger partial charge in [-0.1, -0.05) is 30.3 Å². The zero-order valence-corrected chi connectivity index (χ0v) is 15.4. The van der Waals surface area contributed by atoms with Crippen molar-refractivity contribution in [3.63, 3.8) is 0 Å². The molecule has 27 heavy (non-hydrogen) atoms. The monoisotopic (exact) mass is 376 g/mol. The van der Waals surface area contributed by atoms with Crippen molar-refractivity contribution in [2.24, 2.45) is 0 Å². The van der Waals surface area contributed by atoms with Crippen LogP contribution in [0.4, 0.5) is 11.5 Å². The minimum absolute atomic E-state index is 0.0617. The van der Waals surface area contributed by atoms with Gasteiger partial charge in [0.2, 0.25) is 0 Å². The Bertz CT molecular complexity index is 876. The molecule has 0 aliphatic heterocycles. The number of nitrogens with two attached hydrogens (primary N) is 1. The number of H-pyrrole nitrogens is 1. The van der Waals surface area contributed by atoms with Gasteiger partial charge in [0, 0.05) is 13.7 Å². The predicted octanol–water partition coefficient (Wildman–Crippen LogP) is 0.183. The van der Waals surface area contributed by atoms with Gasteiger partial charge in [0.1, 0.15) is 12.4 Å². The van der Waals surface area contributed by atoms with Gasteiger partial charge in [-0.15, -0.1) is 0 Å². The van der Waals surface area contributed by atoms with Crippen LogP contribution in [0.3, 0.4) is 0 Å². The number of nitrogens with one attached hydrogen (secondary N) is 1. The van der Waals surface area contributed by atoms with Gasteiger partial charge in [-0.3, -0.25) is 19.1 Å². The number of hydrogen-bond acceptors (Lipinski definition) is 6. The second-order valence-corrected chi connectivity index (χ2v) is 5.75. The summed E-state index contributed by atoms with van der Waals surface area (Å²) < 4.78 is 11.3. The number of carbonyl (C=O) groups excluding carboxylic acids is 1. The van der Waals surface area contributed by atoms with Gasteiger partial charge in [-0.2, -0.15) is 0 Å². The number of likely N-dealkylation sites (N-methyl/N-ethyl adjacent to an activating group) is 1. The van der Waals surface area contributed by atoms with E-state index in [1.165, 1.54) is 16.6 Å². The highest BCUT2D eigenvalue weighted by Gasteiger charge is 2.23. The number of aromatic nitrogens is 2. The Hall–Kier alpha value is -2.91. The van der Waals surface area contributed by atoms with Crippen molar-refractivity contribution in [3.05, 3.63) is 56.7 Å². The summed E-state index contributed by atoms with van der Waals surface area (Å²) in [7, 11) is 1.53. The number of methoxy groups -OCH3 is 1. The molecule has 2 aromatic rings. The fourth-order valence-corrected chi connectivity index (χ4v) is 2.60. The first-order chi connectivity index (χ1) is 13.0. The summed E-state index contributed by atoms with van der Waals surface area (Å²) in [5.41, 5.74) is 5.54. The van der Waals surface area contributed by atoms with E-state index in [2.05, 4.69) is 4.98 Å². The number of benzene rings is 1. The van der Waals surface area contributed by atoms with E-state index < -0.39 is 17.2 Å².